The second-order valence-electron chi connectivity index (χ2n) is 5.84. The maximum absolute atomic E-state index is 12.6. The number of carbonyl (C=O) groups is 2. The lowest BCUT2D eigenvalue weighted by Crippen LogP contribution is -2.27. The van der Waals surface area contributed by atoms with Gasteiger partial charge in [0.2, 0.25) is 0 Å². The van der Waals surface area contributed by atoms with Gasteiger partial charge in [0.1, 0.15) is 0 Å². The number of benzene rings is 2. The molecule has 2 amide bonds. The van der Waals surface area contributed by atoms with E-state index in [2.05, 4.69) is 0 Å². The van der Waals surface area contributed by atoms with Crippen LogP contribution < -0.4 is 9.80 Å². The van der Waals surface area contributed by atoms with Crippen molar-refractivity contribution in [1.29, 1.82) is 0 Å². The lowest BCUT2D eigenvalue weighted by Gasteiger charge is -2.12. The van der Waals surface area contributed by atoms with Crippen LogP contribution in [0.3, 0.4) is 0 Å². The van der Waals surface area contributed by atoms with Crippen molar-refractivity contribution in [3.05, 3.63) is 64.6 Å². The number of hydrogen-bond donors (Lipinski definition) is 0. The summed E-state index contributed by atoms with van der Waals surface area (Å²) in [7, 11) is 3.95. The maximum atomic E-state index is 12.6. The van der Waals surface area contributed by atoms with E-state index in [0.29, 0.717) is 10.6 Å². The molecule has 0 N–H and O–H groups in total. The molecule has 0 saturated carbocycles. The second kappa shape index (κ2) is 6.53. The first-order chi connectivity index (χ1) is 11.5. The van der Waals surface area contributed by atoms with Gasteiger partial charge >= 0.3 is 0 Å². The minimum Gasteiger partial charge on any atom is -0.378 e. The Morgan fingerprint density at radius 3 is 2.17 bits per heavy atom. The molecule has 0 bridgehead atoms. The first-order valence-corrected chi connectivity index (χ1v) is 8.39. The molecular formula is C19H18N2O2S. The molecule has 5 heteroatoms. The minimum atomic E-state index is -0.273. The summed E-state index contributed by atoms with van der Waals surface area (Å²) in [6.07, 6.45) is 1.76. The highest BCUT2D eigenvalue weighted by molar-refractivity contribution is 8.19. The van der Waals surface area contributed by atoms with Crippen molar-refractivity contribution in [2.45, 2.75) is 6.92 Å². The summed E-state index contributed by atoms with van der Waals surface area (Å²) in [5.41, 5.74) is 3.67. The van der Waals surface area contributed by atoms with Crippen LogP contribution in [0.25, 0.3) is 6.08 Å². The van der Waals surface area contributed by atoms with E-state index < -0.39 is 0 Å². The Hall–Kier alpha value is -2.53. The molecule has 0 spiro atoms. The quantitative estimate of drug-likeness (QED) is 0.782. The molecule has 122 valence electrons. The fraction of sp³-hybridized carbons (Fsp3) is 0.158. The van der Waals surface area contributed by atoms with Crippen molar-refractivity contribution in [2.24, 2.45) is 0 Å². The molecule has 0 aromatic heterocycles. The zero-order chi connectivity index (χ0) is 17.3. The molecule has 0 unspecified atom stereocenters. The first kappa shape index (κ1) is 16.3. The molecule has 1 saturated heterocycles. The number of anilines is 2. The highest BCUT2D eigenvalue weighted by Gasteiger charge is 2.36. The van der Waals surface area contributed by atoms with E-state index in [1.54, 1.807) is 18.2 Å². The number of nitrogens with zero attached hydrogens (tertiary/aromatic N) is 2. The van der Waals surface area contributed by atoms with Gasteiger partial charge in [0.15, 0.2) is 0 Å². The molecule has 1 fully saturated rings. The Kier molecular flexibility index (Phi) is 4.44. The number of hydrogen-bond acceptors (Lipinski definition) is 4. The Balaban J connectivity index is 1.86. The molecule has 2 aromatic rings. The third-order valence-electron chi connectivity index (χ3n) is 3.79. The molecule has 1 aliphatic rings. The number of amides is 2. The molecule has 0 atom stereocenters. The summed E-state index contributed by atoms with van der Waals surface area (Å²) in [4.78, 5) is 28.5. The van der Waals surface area contributed by atoms with Gasteiger partial charge in [-0.15, -0.1) is 0 Å². The van der Waals surface area contributed by atoms with Gasteiger partial charge in [-0.3, -0.25) is 9.59 Å². The predicted octanol–water partition coefficient (Wildman–Crippen LogP) is 4.30. The van der Waals surface area contributed by atoms with Crippen molar-refractivity contribution in [3.8, 4) is 0 Å². The van der Waals surface area contributed by atoms with Crippen LogP contribution in [-0.4, -0.2) is 25.2 Å². The molecule has 0 aliphatic carbocycles. The first-order valence-electron chi connectivity index (χ1n) is 7.58. The SMILES string of the molecule is Cc1ccc(N2C(=O)S/C(=C/c3ccc(N(C)C)cc3)C2=O)cc1. The largest absolute Gasteiger partial charge is 0.378 e. The molecule has 0 radical (unpaired) electrons. The second-order valence-corrected chi connectivity index (χ2v) is 6.83. The van der Waals surface area contributed by atoms with Crippen LogP contribution in [0.2, 0.25) is 0 Å². The van der Waals surface area contributed by atoms with E-state index in [1.807, 2.05) is 62.3 Å². The Bertz CT molecular complexity index is 808. The van der Waals surface area contributed by atoms with Gasteiger partial charge in [0, 0.05) is 19.8 Å². The van der Waals surface area contributed by atoms with Gasteiger partial charge in [-0.25, -0.2) is 4.90 Å². The van der Waals surface area contributed by atoms with Crippen LogP contribution in [0.4, 0.5) is 16.2 Å². The number of aryl methyl sites for hydroxylation is 1. The summed E-state index contributed by atoms with van der Waals surface area (Å²) in [6.45, 7) is 1.97. The maximum Gasteiger partial charge on any atom is 0.298 e. The molecule has 4 nitrogen and oxygen atoms in total. The van der Waals surface area contributed by atoms with Crippen LogP contribution in [-0.2, 0) is 4.79 Å². The fourth-order valence-electron chi connectivity index (χ4n) is 2.40. The molecule has 24 heavy (non-hydrogen) atoms. The van der Waals surface area contributed by atoms with Crippen molar-refractivity contribution in [1.82, 2.24) is 0 Å². The molecule has 2 aromatic carbocycles. The van der Waals surface area contributed by atoms with Crippen LogP contribution in [0.5, 0.6) is 0 Å². The van der Waals surface area contributed by atoms with Gasteiger partial charge in [-0.05, 0) is 54.6 Å². The van der Waals surface area contributed by atoms with Gasteiger partial charge < -0.3 is 4.90 Å². The zero-order valence-electron chi connectivity index (χ0n) is 13.8. The number of imide groups is 1. The molecular weight excluding hydrogens is 320 g/mol. The van der Waals surface area contributed by atoms with E-state index in [0.717, 1.165) is 28.6 Å². The van der Waals surface area contributed by atoms with E-state index in [1.165, 1.54) is 4.90 Å². The smallest absolute Gasteiger partial charge is 0.298 e. The van der Waals surface area contributed by atoms with Crippen molar-refractivity contribution >= 4 is 40.4 Å². The van der Waals surface area contributed by atoms with Crippen LogP contribution in [0, 0.1) is 6.92 Å². The summed E-state index contributed by atoms with van der Waals surface area (Å²) in [6, 6.07) is 15.2. The fourth-order valence-corrected chi connectivity index (χ4v) is 3.25. The lowest BCUT2D eigenvalue weighted by atomic mass is 10.1. The molecule has 1 aliphatic heterocycles. The minimum absolute atomic E-state index is 0.264. The number of rotatable bonds is 3. The summed E-state index contributed by atoms with van der Waals surface area (Å²) < 4.78 is 0. The average Bonchev–Trinajstić information content (AvgIpc) is 2.83. The Morgan fingerprint density at radius 1 is 0.958 bits per heavy atom. The third kappa shape index (κ3) is 3.21. The van der Waals surface area contributed by atoms with Gasteiger partial charge in [0.25, 0.3) is 11.1 Å². The number of carbonyl (C=O) groups excluding carboxylic acids is 2. The van der Waals surface area contributed by atoms with Crippen molar-refractivity contribution in [2.75, 3.05) is 23.9 Å². The average molecular weight is 338 g/mol. The van der Waals surface area contributed by atoms with E-state index in [-0.39, 0.29) is 11.1 Å². The number of thioether (sulfide) groups is 1. The molecule has 1 heterocycles. The predicted molar refractivity (Wildman–Crippen MR) is 100 cm³/mol. The summed E-state index contributed by atoms with van der Waals surface area (Å²) >= 11 is 0.974. The Labute approximate surface area is 145 Å². The summed E-state index contributed by atoms with van der Waals surface area (Å²) in [5.74, 6) is -0.273. The van der Waals surface area contributed by atoms with Gasteiger partial charge in [0.05, 0.1) is 10.6 Å². The zero-order valence-corrected chi connectivity index (χ0v) is 14.6. The topological polar surface area (TPSA) is 40.6 Å². The van der Waals surface area contributed by atoms with E-state index >= 15 is 0 Å². The highest BCUT2D eigenvalue weighted by atomic mass is 32.2. The Morgan fingerprint density at radius 2 is 1.58 bits per heavy atom. The highest BCUT2D eigenvalue weighted by Crippen LogP contribution is 2.35. The normalized spacial score (nSPS) is 16.1. The monoisotopic (exact) mass is 338 g/mol. The van der Waals surface area contributed by atoms with Gasteiger partial charge in [-0.1, -0.05) is 29.8 Å². The van der Waals surface area contributed by atoms with Gasteiger partial charge in [-0.2, -0.15) is 0 Å². The van der Waals surface area contributed by atoms with E-state index in [9.17, 15) is 9.59 Å². The van der Waals surface area contributed by atoms with E-state index in [4.69, 9.17) is 0 Å². The standard InChI is InChI=1S/C19H18N2O2S/c1-13-4-8-16(9-5-13)21-18(22)17(24-19(21)23)12-14-6-10-15(11-7-14)20(2)3/h4-12H,1-3H3/b17-12+. The third-order valence-corrected chi connectivity index (χ3v) is 4.66. The van der Waals surface area contributed by atoms with Crippen molar-refractivity contribution in [3.63, 3.8) is 0 Å². The summed E-state index contributed by atoms with van der Waals surface area (Å²) in [5, 5.41) is -0.264. The lowest BCUT2D eigenvalue weighted by molar-refractivity contribution is -0.113. The van der Waals surface area contributed by atoms with Crippen LogP contribution >= 0.6 is 11.8 Å². The van der Waals surface area contributed by atoms with Crippen LogP contribution in [0.15, 0.2) is 53.4 Å². The van der Waals surface area contributed by atoms with Crippen molar-refractivity contribution < 1.29 is 9.59 Å². The van der Waals surface area contributed by atoms with Crippen LogP contribution in [0.1, 0.15) is 11.1 Å². The molecule has 3 rings (SSSR count).